The molecule has 5 aromatic heterocycles. The van der Waals surface area contributed by atoms with Crippen LogP contribution < -0.4 is 18.9 Å². The Hall–Kier alpha value is -2.52. The Labute approximate surface area is 460 Å². The van der Waals surface area contributed by atoms with Crippen LogP contribution in [0.1, 0.15) is 158 Å². The predicted molar refractivity (Wildman–Crippen MR) is 320 cm³/mol. The number of thiophene rings is 4. The number of hydrogen-bond acceptors (Lipinski definition) is 11. The number of halogens is 2. The molecule has 8 aromatic rings. The maximum Gasteiger partial charge on any atom is 0.146 e. The molecule has 0 fully saturated rings. The Kier molecular flexibility index (Phi) is 20.3. The average molecular weight is 1180 g/mol. The minimum absolute atomic E-state index is 0.505. The van der Waals surface area contributed by atoms with Gasteiger partial charge in [-0.3, -0.25) is 0 Å². The fourth-order valence-corrected chi connectivity index (χ4v) is 16.0. The molecule has 8 rings (SSSR count). The number of hydrogen-bond donors (Lipinski definition) is 0. The lowest BCUT2D eigenvalue weighted by Crippen LogP contribution is -2.12. The van der Waals surface area contributed by atoms with Gasteiger partial charge >= 0.3 is 0 Å². The lowest BCUT2D eigenvalue weighted by Gasteiger charge is -2.19. The van der Waals surface area contributed by atoms with Crippen molar-refractivity contribution in [2.45, 2.75) is 158 Å². The first-order valence-corrected chi connectivity index (χ1v) is 32.4. The molecule has 0 saturated heterocycles. The van der Waals surface area contributed by atoms with Crippen LogP contribution in [-0.2, 0) is 0 Å². The van der Waals surface area contributed by atoms with Crippen molar-refractivity contribution in [2.24, 2.45) is 23.7 Å². The predicted octanol–water partition coefficient (Wildman–Crippen LogP) is 21.8. The van der Waals surface area contributed by atoms with Crippen LogP contribution in [-0.4, -0.2) is 35.2 Å². The molecule has 0 bridgehead atoms. The Morgan fingerprint density at radius 2 is 0.718 bits per heavy atom. The summed E-state index contributed by atoms with van der Waals surface area (Å²) in [6.45, 7) is 21.1. The van der Waals surface area contributed by atoms with Crippen molar-refractivity contribution < 1.29 is 18.9 Å². The third kappa shape index (κ3) is 12.4. The van der Waals surface area contributed by atoms with Gasteiger partial charge in [0.1, 0.15) is 34.0 Å². The topological polar surface area (TPSA) is 62.7 Å². The van der Waals surface area contributed by atoms with Crippen molar-refractivity contribution in [3.63, 3.8) is 0 Å². The van der Waals surface area contributed by atoms with Gasteiger partial charge in [-0.05, 0) is 105 Å². The van der Waals surface area contributed by atoms with Crippen LogP contribution >= 0.6 is 88.9 Å². The molecule has 71 heavy (non-hydrogen) atoms. The third-order valence-corrected chi connectivity index (χ3v) is 20.8. The molecule has 0 spiro atoms. The number of nitrogens with zero attached hydrogens (tertiary/aromatic N) is 2. The highest BCUT2D eigenvalue weighted by Gasteiger charge is 2.28. The zero-order valence-electron chi connectivity index (χ0n) is 43.2. The van der Waals surface area contributed by atoms with Gasteiger partial charge in [-0.25, -0.2) is 0 Å². The van der Waals surface area contributed by atoms with Gasteiger partial charge in [0.25, 0.3) is 0 Å². The van der Waals surface area contributed by atoms with E-state index in [2.05, 4.69) is 124 Å². The van der Waals surface area contributed by atoms with Gasteiger partial charge in [0.15, 0.2) is 0 Å². The second-order valence-electron chi connectivity index (χ2n) is 19.6. The lowest BCUT2D eigenvalue weighted by atomic mass is 10.0. The maximum absolute atomic E-state index is 7.03. The number of unbranched alkanes of at least 4 members (excludes halogenated alkanes) is 4. The number of ether oxygens (including phenoxy) is 4. The number of benzene rings is 3. The first-order valence-electron chi connectivity index (χ1n) is 26.8. The molecule has 13 heteroatoms. The van der Waals surface area contributed by atoms with E-state index in [9.17, 15) is 0 Å². The summed E-state index contributed by atoms with van der Waals surface area (Å²) in [5.41, 5.74) is 4.00. The Bertz CT molecular complexity index is 2640. The summed E-state index contributed by atoms with van der Waals surface area (Å²) in [5.74, 6) is 5.90. The standard InChI is InChI=1S/C58H74Br2N2O4S5/c1-9-17-21-35(13-5)31-63-51-41-27-45(67-55(41)53(43-29-47(59)69-57(43)51)65-33-37(15-7)23-19-11-3)39-25-26-40(50-49(39)61-71-62-50)46-28-42-52(64-32-36(14-6)22-18-10-2)58-44(30-48(60)70-58)54(56(42)68-46)66-34-38(16-8)24-20-12-4/h25-30,35-38H,9-24,31-34H2,1-8H3. The molecule has 0 N–H and O–H groups in total. The quantitative estimate of drug-likeness (QED) is 0.0447. The monoisotopic (exact) mass is 1180 g/mol. The summed E-state index contributed by atoms with van der Waals surface area (Å²) < 4.78 is 45.0. The molecule has 384 valence electrons. The molecule has 5 heterocycles. The normalized spacial score (nSPS) is 13.8. The third-order valence-electron chi connectivity index (χ3n) is 14.6. The minimum atomic E-state index is 0.505. The van der Waals surface area contributed by atoms with E-state index in [0.29, 0.717) is 50.1 Å². The highest BCUT2D eigenvalue weighted by atomic mass is 79.9. The highest BCUT2D eigenvalue weighted by Crippen LogP contribution is 2.55. The minimum Gasteiger partial charge on any atom is -0.491 e. The molecule has 4 unspecified atom stereocenters. The number of fused-ring (bicyclic) bond motifs is 5. The Morgan fingerprint density at radius 3 is 1.01 bits per heavy atom. The summed E-state index contributed by atoms with van der Waals surface area (Å²) in [6, 6.07) is 13.7. The summed E-state index contributed by atoms with van der Waals surface area (Å²) in [4.78, 5) is 2.28. The molecule has 0 aliphatic carbocycles. The van der Waals surface area contributed by atoms with Crippen molar-refractivity contribution in [3.8, 4) is 43.9 Å². The second kappa shape index (κ2) is 26.3. The van der Waals surface area contributed by atoms with E-state index in [0.717, 1.165) is 129 Å². The van der Waals surface area contributed by atoms with Crippen molar-refractivity contribution in [1.82, 2.24) is 8.75 Å². The molecule has 0 aliphatic rings. The van der Waals surface area contributed by atoms with Crippen LogP contribution in [0.2, 0.25) is 0 Å². The summed E-state index contributed by atoms with van der Waals surface area (Å²) in [5, 5.41) is 4.49. The maximum atomic E-state index is 7.03. The largest absolute Gasteiger partial charge is 0.491 e. The highest BCUT2D eigenvalue weighted by molar-refractivity contribution is 9.11. The van der Waals surface area contributed by atoms with Crippen molar-refractivity contribution in [1.29, 1.82) is 0 Å². The first kappa shape index (κ1) is 54.7. The van der Waals surface area contributed by atoms with Gasteiger partial charge in [0.2, 0.25) is 0 Å². The van der Waals surface area contributed by atoms with Crippen molar-refractivity contribution >= 4 is 140 Å². The second-order valence-corrected chi connectivity index (χ2v) is 27.1. The lowest BCUT2D eigenvalue weighted by molar-refractivity contribution is 0.235. The average Bonchev–Trinajstić information content (AvgIpc) is 4.25. The molecule has 0 radical (unpaired) electrons. The zero-order valence-corrected chi connectivity index (χ0v) is 50.5. The van der Waals surface area contributed by atoms with Crippen LogP contribution in [0.5, 0.6) is 23.0 Å². The SMILES string of the molecule is CCCCC(CC)COc1c2cc(-c3ccc(-c4cc5c(OCC(CC)CCCC)c6sc(Br)cc6c(OCC(CC)CCCC)c5s4)c4nsnc34)sc2c(OCC(CC)CCCC)c2cc(Br)sc12. The molecule has 4 atom stereocenters. The van der Waals surface area contributed by atoms with E-state index in [-0.39, 0.29) is 0 Å². The summed E-state index contributed by atoms with van der Waals surface area (Å²) >= 11 is 16.1. The molecular formula is C58H74Br2N2O4S5. The van der Waals surface area contributed by atoms with Gasteiger partial charge in [-0.2, -0.15) is 8.75 Å². The molecule has 0 saturated carbocycles. The Balaban J connectivity index is 1.25. The van der Waals surface area contributed by atoms with Gasteiger partial charge in [0, 0.05) is 42.4 Å². The molecule has 6 nitrogen and oxygen atoms in total. The molecular weight excluding hydrogens is 1110 g/mol. The molecule has 0 amide bonds. The fraction of sp³-hybridized carbons (Fsp3) is 0.552. The summed E-state index contributed by atoms with van der Waals surface area (Å²) in [6.07, 6.45) is 18.8. The van der Waals surface area contributed by atoms with Crippen LogP contribution in [0.25, 0.3) is 72.3 Å². The summed E-state index contributed by atoms with van der Waals surface area (Å²) in [7, 11) is 0. The van der Waals surface area contributed by atoms with Crippen LogP contribution in [0.3, 0.4) is 0 Å². The van der Waals surface area contributed by atoms with E-state index < -0.39 is 0 Å². The van der Waals surface area contributed by atoms with Gasteiger partial charge in [-0.1, -0.05) is 145 Å². The molecule has 0 aliphatic heterocycles. The molecule has 3 aromatic carbocycles. The first-order chi connectivity index (χ1) is 34.7. The zero-order chi connectivity index (χ0) is 50.0. The van der Waals surface area contributed by atoms with Gasteiger partial charge in [0.05, 0.1) is 64.5 Å². The van der Waals surface area contributed by atoms with E-state index in [1.165, 1.54) is 88.8 Å². The Morgan fingerprint density at radius 1 is 0.423 bits per heavy atom. The van der Waals surface area contributed by atoms with Crippen molar-refractivity contribution in [2.75, 3.05) is 26.4 Å². The van der Waals surface area contributed by atoms with E-state index in [4.69, 9.17) is 27.7 Å². The van der Waals surface area contributed by atoms with Crippen LogP contribution in [0.15, 0.2) is 44.0 Å². The van der Waals surface area contributed by atoms with E-state index in [1.54, 1.807) is 45.3 Å². The van der Waals surface area contributed by atoms with Gasteiger partial charge in [-0.15, -0.1) is 45.3 Å². The van der Waals surface area contributed by atoms with E-state index in [1.807, 2.05) is 0 Å². The number of rotatable bonds is 30. The van der Waals surface area contributed by atoms with Crippen LogP contribution in [0.4, 0.5) is 0 Å². The van der Waals surface area contributed by atoms with Crippen LogP contribution in [0, 0.1) is 23.7 Å². The number of aromatic nitrogens is 2. The van der Waals surface area contributed by atoms with Gasteiger partial charge < -0.3 is 18.9 Å². The smallest absolute Gasteiger partial charge is 0.146 e. The van der Waals surface area contributed by atoms with E-state index >= 15 is 0 Å². The fourth-order valence-electron chi connectivity index (χ4n) is 9.84. The van der Waals surface area contributed by atoms with Crippen molar-refractivity contribution in [3.05, 3.63) is 44.0 Å².